The van der Waals surface area contributed by atoms with Crippen LogP contribution in [0.15, 0.2) is 24.4 Å². The molecule has 1 heterocycles. The molecule has 21 heavy (non-hydrogen) atoms. The Bertz CT molecular complexity index is 700. The number of halogens is 2. The van der Waals surface area contributed by atoms with Gasteiger partial charge in [-0.25, -0.2) is 14.4 Å². The maximum atomic E-state index is 13.3. The molecular weight excluding hydrogens is 289 g/mol. The van der Waals surface area contributed by atoms with Crippen molar-refractivity contribution < 1.29 is 4.39 Å². The van der Waals surface area contributed by atoms with Crippen LogP contribution in [0.5, 0.6) is 0 Å². The molecule has 0 saturated heterocycles. The first-order chi connectivity index (χ1) is 9.85. The number of rotatable bonds is 1. The van der Waals surface area contributed by atoms with Gasteiger partial charge in [0, 0.05) is 29.1 Å². The molecule has 110 valence electrons. The molecule has 1 unspecified atom stereocenters. The fourth-order valence-corrected chi connectivity index (χ4v) is 3.06. The van der Waals surface area contributed by atoms with E-state index >= 15 is 0 Å². The Balaban J connectivity index is 2.05. The monoisotopic (exact) mass is 305 g/mol. The van der Waals surface area contributed by atoms with Crippen molar-refractivity contribution in [2.24, 2.45) is 11.1 Å². The Morgan fingerprint density at radius 2 is 2.14 bits per heavy atom. The van der Waals surface area contributed by atoms with E-state index in [-0.39, 0.29) is 16.5 Å². The van der Waals surface area contributed by atoms with Gasteiger partial charge < -0.3 is 5.73 Å². The Labute approximate surface area is 128 Å². The number of fused-ring (bicyclic) bond motifs is 1. The van der Waals surface area contributed by atoms with Crippen LogP contribution in [-0.4, -0.2) is 9.97 Å². The standard InChI is InChI=1S/C16H17ClFN3/c1-16(2)6-13(19)10-8-20-15(21-14(10)7-16)9-3-4-12(18)11(17)5-9/h3-5,8,13H,6-7,19H2,1-2H3. The van der Waals surface area contributed by atoms with Gasteiger partial charge >= 0.3 is 0 Å². The average Bonchev–Trinajstić information content (AvgIpc) is 2.40. The van der Waals surface area contributed by atoms with Crippen molar-refractivity contribution in [1.82, 2.24) is 9.97 Å². The molecule has 0 saturated carbocycles. The Kier molecular flexibility index (Phi) is 3.46. The van der Waals surface area contributed by atoms with Gasteiger partial charge in [0.15, 0.2) is 5.82 Å². The zero-order chi connectivity index (χ0) is 15.2. The first-order valence-electron chi connectivity index (χ1n) is 6.92. The number of hydrogen-bond acceptors (Lipinski definition) is 3. The van der Waals surface area contributed by atoms with Gasteiger partial charge in [-0.1, -0.05) is 25.4 Å². The molecule has 0 aliphatic heterocycles. The van der Waals surface area contributed by atoms with Gasteiger partial charge in [-0.2, -0.15) is 0 Å². The van der Waals surface area contributed by atoms with Gasteiger partial charge in [0.1, 0.15) is 5.82 Å². The van der Waals surface area contributed by atoms with Crippen LogP contribution in [0.3, 0.4) is 0 Å². The minimum atomic E-state index is -0.443. The van der Waals surface area contributed by atoms with Crippen molar-refractivity contribution >= 4 is 11.6 Å². The summed E-state index contributed by atoms with van der Waals surface area (Å²) >= 11 is 5.83. The van der Waals surface area contributed by atoms with E-state index in [4.69, 9.17) is 17.3 Å². The summed E-state index contributed by atoms with van der Waals surface area (Å²) in [5, 5.41) is 0.0749. The average molecular weight is 306 g/mol. The van der Waals surface area contributed by atoms with E-state index in [1.165, 1.54) is 6.07 Å². The van der Waals surface area contributed by atoms with E-state index in [0.717, 1.165) is 24.1 Å². The lowest BCUT2D eigenvalue weighted by Gasteiger charge is -2.34. The van der Waals surface area contributed by atoms with Crippen LogP contribution < -0.4 is 5.73 Å². The van der Waals surface area contributed by atoms with E-state index in [9.17, 15) is 4.39 Å². The summed E-state index contributed by atoms with van der Waals surface area (Å²) in [5.74, 6) is 0.113. The molecule has 3 rings (SSSR count). The molecule has 1 aliphatic rings. The summed E-state index contributed by atoms with van der Waals surface area (Å²) in [7, 11) is 0. The molecule has 2 N–H and O–H groups in total. The van der Waals surface area contributed by atoms with Crippen molar-refractivity contribution in [1.29, 1.82) is 0 Å². The SMILES string of the molecule is CC1(C)Cc2nc(-c3ccc(F)c(Cl)c3)ncc2C(N)C1. The highest BCUT2D eigenvalue weighted by molar-refractivity contribution is 6.31. The lowest BCUT2D eigenvalue weighted by Crippen LogP contribution is -2.30. The number of nitrogens with zero attached hydrogens (tertiary/aromatic N) is 2. The van der Waals surface area contributed by atoms with Crippen LogP contribution in [0.4, 0.5) is 4.39 Å². The minimum absolute atomic E-state index is 0.0328. The van der Waals surface area contributed by atoms with Crippen molar-refractivity contribution in [2.75, 3.05) is 0 Å². The normalized spacial score (nSPS) is 20.1. The molecule has 0 spiro atoms. The molecule has 0 radical (unpaired) electrons. The molecule has 1 atom stereocenters. The van der Waals surface area contributed by atoms with Gasteiger partial charge in [-0.3, -0.25) is 0 Å². The second kappa shape index (κ2) is 5.04. The third kappa shape index (κ3) is 2.78. The zero-order valence-corrected chi connectivity index (χ0v) is 12.8. The minimum Gasteiger partial charge on any atom is -0.324 e. The summed E-state index contributed by atoms with van der Waals surface area (Å²) in [6.07, 6.45) is 3.57. The quantitative estimate of drug-likeness (QED) is 0.869. The van der Waals surface area contributed by atoms with Gasteiger partial charge in [0.05, 0.1) is 5.02 Å². The summed E-state index contributed by atoms with van der Waals surface area (Å²) in [5.41, 5.74) is 9.02. The summed E-state index contributed by atoms with van der Waals surface area (Å²) in [6, 6.07) is 4.48. The van der Waals surface area contributed by atoms with Crippen LogP contribution in [0, 0.1) is 11.2 Å². The molecule has 2 aromatic rings. The second-order valence-corrected chi connectivity index (χ2v) is 6.78. The molecule has 0 fully saturated rings. The molecule has 0 amide bonds. The molecule has 3 nitrogen and oxygen atoms in total. The first-order valence-corrected chi connectivity index (χ1v) is 7.30. The molecule has 1 aliphatic carbocycles. The fourth-order valence-electron chi connectivity index (χ4n) is 2.88. The highest BCUT2D eigenvalue weighted by Crippen LogP contribution is 2.39. The van der Waals surface area contributed by atoms with Gasteiger partial charge in [0.25, 0.3) is 0 Å². The summed E-state index contributed by atoms with van der Waals surface area (Å²) < 4.78 is 13.3. The molecule has 1 aromatic heterocycles. The number of hydrogen-bond donors (Lipinski definition) is 1. The highest BCUT2D eigenvalue weighted by Gasteiger charge is 2.31. The molecule has 1 aromatic carbocycles. The van der Waals surface area contributed by atoms with E-state index in [1.54, 1.807) is 18.3 Å². The zero-order valence-electron chi connectivity index (χ0n) is 12.0. The van der Waals surface area contributed by atoms with Gasteiger partial charge in [-0.15, -0.1) is 0 Å². The van der Waals surface area contributed by atoms with Crippen LogP contribution in [0.25, 0.3) is 11.4 Å². The molecular formula is C16H17ClFN3. The summed E-state index contributed by atoms with van der Waals surface area (Å²) in [4.78, 5) is 8.99. The second-order valence-electron chi connectivity index (χ2n) is 6.38. The Morgan fingerprint density at radius 3 is 2.86 bits per heavy atom. The van der Waals surface area contributed by atoms with E-state index < -0.39 is 5.82 Å². The van der Waals surface area contributed by atoms with Crippen molar-refractivity contribution in [3.05, 3.63) is 46.5 Å². The smallest absolute Gasteiger partial charge is 0.159 e. The lowest BCUT2D eigenvalue weighted by atomic mass is 9.74. The maximum Gasteiger partial charge on any atom is 0.159 e. The number of benzene rings is 1. The van der Waals surface area contributed by atoms with Crippen molar-refractivity contribution in [3.8, 4) is 11.4 Å². The van der Waals surface area contributed by atoms with Crippen molar-refractivity contribution in [3.63, 3.8) is 0 Å². The van der Waals surface area contributed by atoms with E-state index in [1.807, 2.05) is 0 Å². The van der Waals surface area contributed by atoms with E-state index in [0.29, 0.717) is 11.4 Å². The predicted octanol–water partition coefficient (Wildman–Crippen LogP) is 3.91. The molecule has 0 bridgehead atoms. The van der Waals surface area contributed by atoms with E-state index in [2.05, 4.69) is 23.8 Å². The topological polar surface area (TPSA) is 51.8 Å². The molecule has 5 heteroatoms. The maximum absolute atomic E-state index is 13.3. The number of aromatic nitrogens is 2. The van der Waals surface area contributed by atoms with Crippen LogP contribution >= 0.6 is 11.6 Å². The van der Waals surface area contributed by atoms with Crippen LogP contribution in [-0.2, 0) is 6.42 Å². The highest BCUT2D eigenvalue weighted by atomic mass is 35.5. The van der Waals surface area contributed by atoms with Crippen LogP contribution in [0.2, 0.25) is 5.02 Å². The third-order valence-corrected chi connectivity index (χ3v) is 4.19. The van der Waals surface area contributed by atoms with Crippen molar-refractivity contribution in [2.45, 2.75) is 32.7 Å². The summed E-state index contributed by atoms with van der Waals surface area (Å²) in [6.45, 7) is 4.37. The van der Waals surface area contributed by atoms with Crippen LogP contribution in [0.1, 0.15) is 37.6 Å². The van der Waals surface area contributed by atoms with Gasteiger partial charge in [0.2, 0.25) is 0 Å². The number of nitrogens with two attached hydrogens (primary N) is 1. The van der Waals surface area contributed by atoms with Gasteiger partial charge in [-0.05, 0) is 36.5 Å². The third-order valence-electron chi connectivity index (χ3n) is 3.90. The lowest BCUT2D eigenvalue weighted by molar-refractivity contribution is 0.278. The Hall–Kier alpha value is -1.52. The Morgan fingerprint density at radius 1 is 1.38 bits per heavy atom. The first kappa shape index (κ1) is 14.4. The fraction of sp³-hybridized carbons (Fsp3) is 0.375. The predicted molar refractivity (Wildman–Crippen MR) is 81.5 cm³/mol. The largest absolute Gasteiger partial charge is 0.324 e.